The van der Waals surface area contributed by atoms with Crippen molar-refractivity contribution in [3.8, 4) is 0 Å². The fraction of sp³-hybridized carbons (Fsp3) is 0.818. The molecule has 0 aromatic carbocycles. The SMILES string of the molecule is C=N/C=C(/CN(CC(F)(F)F)C1CCN(C2CC3(CCN(C(=O)OCC)C3)C2)CC1)OC. The number of halogens is 3. The Hall–Kier alpha value is -1.81. The molecule has 182 valence electrons. The van der Waals surface area contributed by atoms with E-state index >= 15 is 0 Å². The first kappa shape index (κ1) is 24.8. The highest BCUT2D eigenvalue weighted by molar-refractivity contribution is 5.68. The first-order chi connectivity index (χ1) is 15.2. The van der Waals surface area contributed by atoms with E-state index in [1.807, 2.05) is 6.92 Å². The minimum absolute atomic E-state index is 0.0654. The third-order valence-electron chi connectivity index (χ3n) is 7.07. The number of carbonyl (C=O) groups excluding carboxylic acids is 1. The summed E-state index contributed by atoms with van der Waals surface area (Å²) in [6, 6.07) is 0.296. The summed E-state index contributed by atoms with van der Waals surface area (Å²) < 4.78 is 49.9. The number of nitrogens with zero attached hydrogens (tertiary/aromatic N) is 4. The summed E-state index contributed by atoms with van der Waals surface area (Å²) in [5.74, 6) is 0.375. The lowest BCUT2D eigenvalue weighted by Gasteiger charge is -2.52. The van der Waals surface area contributed by atoms with Crippen LogP contribution in [-0.2, 0) is 9.47 Å². The molecular formula is C22H35F3N4O3. The molecule has 2 aliphatic heterocycles. The summed E-state index contributed by atoms with van der Waals surface area (Å²) in [5, 5.41) is 0. The number of methoxy groups -OCH3 is 1. The number of amides is 1. The largest absolute Gasteiger partial charge is 0.498 e. The predicted molar refractivity (Wildman–Crippen MR) is 116 cm³/mol. The first-order valence-corrected chi connectivity index (χ1v) is 11.3. The van der Waals surface area contributed by atoms with Gasteiger partial charge in [0, 0.05) is 25.2 Å². The van der Waals surface area contributed by atoms with Crippen LogP contribution in [0.2, 0.25) is 0 Å². The second-order valence-electron chi connectivity index (χ2n) is 9.20. The molecule has 1 spiro atoms. The standard InChI is InChI=1S/C22H35F3N4O3/c1-4-32-20(30)28-10-7-21(15-28)11-18(12-21)27-8-5-17(6-9-27)29(16-22(23,24)25)14-19(31-3)13-26-2/h13,17-18H,2,4-12,14-16H2,1,3H3/b19-13-. The summed E-state index contributed by atoms with van der Waals surface area (Å²) in [6.07, 6.45) is 1.33. The van der Waals surface area contributed by atoms with Crippen LogP contribution in [0.4, 0.5) is 18.0 Å². The lowest BCUT2D eigenvalue weighted by Crippen LogP contribution is -2.56. The average molecular weight is 461 g/mol. The van der Waals surface area contributed by atoms with Gasteiger partial charge in [-0.1, -0.05) is 0 Å². The molecular weight excluding hydrogens is 425 g/mol. The molecule has 0 aromatic heterocycles. The fourth-order valence-electron chi connectivity index (χ4n) is 5.46. The molecule has 10 heteroatoms. The van der Waals surface area contributed by atoms with Gasteiger partial charge in [0.15, 0.2) is 0 Å². The molecule has 0 N–H and O–H groups in total. The maximum atomic E-state index is 13.2. The van der Waals surface area contributed by atoms with Crippen LogP contribution in [0.25, 0.3) is 0 Å². The Kier molecular flexibility index (Phi) is 8.08. The number of carbonyl (C=O) groups is 1. The smallest absolute Gasteiger partial charge is 0.409 e. The third kappa shape index (κ3) is 6.15. The number of hydrogen-bond donors (Lipinski definition) is 0. The van der Waals surface area contributed by atoms with Crippen molar-refractivity contribution in [3.63, 3.8) is 0 Å². The summed E-state index contributed by atoms with van der Waals surface area (Å²) in [6.45, 7) is 7.72. The van der Waals surface area contributed by atoms with Crippen molar-refractivity contribution in [2.75, 3.05) is 53.0 Å². The van der Waals surface area contributed by atoms with Gasteiger partial charge in [-0.2, -0.15) is 13.2 Å². The first-order valence-electron chi connectivity index (χ1n) is 11.3. The molecule has 0 radical (unpaired) electrons. The van der Waals surface area contributed by atoms with Crippen molar-refractivity contribution >= 4 is 12.8 Å². The van der Waals surface area contributed by atoms with Crippen molar-refractivity contribution in [1.29, 1.82) is 0 Å². The van der Waals surface area contributed by atoms with Gasteiger partial charge in [-0.15, -0.1) is 0 Å². The number of hydrogen-bond acceptors (Lipinski definition) is 6. The molecule has 7 nitrogen and oxygen atoms in total. The van der Waals surface area contributed by atoms with Crippen molar-refractivity contribution < 1.29 is 27.4 Å². The molecule has 0 atom stereocenters. The van der Waals surface area contributed by atoms with Crippen molar-refractivity contribution in [3.05, 3.63) is 12.0 Å². The van der Waals surface area contributed by atoms with Crippen LogP contribution in [0, 0.1) is 5.41 Å². The monoisotopic (exact) mass is 460 g/mol. The van der Waals surface area contributed by atoms with Crippen LogP contribution in [0.15, 0.2) is 17.0 Å². The fourth-order valence-corrected chi connectivity index (χ4v) is 5.46. The molecule has 0 aromatic rings. The van der Waals surface area contributed by atoms with Gasteiger partial charge in [-0.3, -0.25) is 9.89 Å². The highest BCUT2D eigenvalue weighted by Crippen LogP contribution is 2.50. The van der Waals surface area contributed by atoms with Gasteiger partial charge in [0.25, 0.3) is 0 Å². The predicted octanol–water partition coefficient (Wildman–Crippen LogP) is 3.51. The van der Waals surface area contributed by atoms with Crippen molar-refractivity contribution in [2.45, 2.75) is 57.3 Å². The van der Waals surface area contributed by atoms with Crippen LogP contribution in [0.5, 0.6) is 0 Å². The molecule has 1 amide bonds. The van der Waals surface area contributed by atoms with Gasteiger partial charge in [0.2, 0.25) is 0 Å². The van der Waals surface area contributed by atoms with Crippen molar-refractivity contribution in [1.82, 2.24) is 14.7 Å². The Balaban J connectivity index is 1.50. The highest BCUT2D eigenvalue weighted by atomic mass is 19.4. The van der Waals surface area contributed by atoms with E-state index in [0.717, 1.165) is 45.4 Å². The number of alkyl halides is 3. The van der Waals surface area contributed by atoms with Crippen molar-refractivity contribution in [2.24, 2.45) is 10.4 Å². The second kappa shape index (κ2) is 10.4. The van der Waals surface area contributed by atoms with Gasteiger partial charge >= 0.3 is 12.3 Å². The Morgan fingerprint density at radius 1 is 1.28 bits per heavy atom. The molecule has 2 heterocycles. The maximum Gasteiger partial charge on any atom is 0.409 e. The third-order valence-corrected chi connectivity index (χ3v) is 7.07. The summed E-state index contributed by atoms with van der Waals surface area (Å²) >= 11 is 0. The van der Waals surface area contributed by atoms with Gasteiger partial charge in [-0.25, -0.2) is 4.79 Å². The lowest BCUT2D eigenvalue weighted by atomic mass is 9.64. The normalized spacial score (nSPS) is 27.6. The Morgan fingerprint density at radius 3 is 2.53 bits per heavy atom. The lowest BCUT2D eigenvalue weighted by molar-refractivity contribution is -0.153. The molecule has 32 heavy (non-hydrogen) atoms. The Bertz CT molecular complexity index is 686. The highest BCUT2D eigenvalue weighted by Gasteiger charge is 2.51. The van der Waals surface area contributed by atoms with Gasteiger partial charge in [0.1, 0.15) is 5.76 Å². The molecule has 1 aliphatic carbocycles. The van der Waals surface area contributed by atoms with E-state index in [-0.39, 0.29) is 24.1 Å². The number of likely N-dealkylation sites (tertiary alicyclic amines) is 2. The number of aliphatic imine (C=N–C) groups is 1. The van der Waals surface area contributed by atoms with Crippen LogP contribution in [0.1, 0.15) is 39.0 Å². The molecule has 3 rings (SSSR count). The number of piperidine rings is 1. The molecule has 1 saturated carbocycles. The van der Waals surface area contributed by atoms with Gasteiger partial charge < -0.3 is 19.3 Å². The van der Waals surface area contributed by atoms with E-state index < -0.39 is 12.7 Å². The van der Waals surface area contributed by atoms with Crippen LogP contribution in [-0.4, -0.2) is 98.8 Å². The Morgan fingerprint density at radius 2 is 1.97 bits per heavy atom. The second-order valence-corrected chi connectivity index (χ2v) is 9.20. The zero-order valence-electron chi connectivity index (χ0n) is 19.1. The van der Waals surface area contributed by atoms with Crippen LogP contribution >= 0.6 is 0 Å². The van der Waals surface area contributed by atoms with Crippen LogP contribution in [0.3, 0.4) is 0 Å². The summed E-state index contributed by atoms with van der Waals surface area (Å²) in [5.41, 5.74) is 0.187. The van der Waals surface area contributed by atoms with Gasteiger partial charge in [-0.05, 0) is 64.2 Å². The topological polar surface area (TPSA) is 57.6 Å². The molecule has 0 unspecified atom stereocenters. The minimum atomic E-state index is -4.27. The number of rotatable bonds is 8. The molecule has 0 bridgehead atoms. The number of ether oxygens (including phenoxy) is 2. The maximum absolute atomic E-state index is 13.2. The van der Waals surface area contributed by atoms with E-state index in [4.69, 9.17) is 9.47 Å². The van der Waals surface area contributed by atoms with E-state index in [9.17, 15) is 18.0 Å². The molecule has 2 saturated heterocycles. The van der Waals surface area contributed by atoms with E-state index in [1.54, 1.807) is 4.90 Å². The zero-order valence-corrected chi connectivity index (χ0v) is 19.1. The summed E-state index contributed by atoms with van der Waals surface area (Å²) in [7, 11) is 1.43. The van der Waals surface area contributed by atoms with E-state index in [0.29, 0.717) is 31.2 Å². The van der Waals surface area contributed by atoms with Crippen LogP contribution < -0.4 is 0 Å². The minimum Gasteiger partial charge on any atom is -0.498 e. The average Bonchev–Trinajstić information content (AvgIpc) is 3.17. The molecule has 3 fully saturated rings. The zero-order chi connectivity index (χ0) is 23.4. The summed E-state index contributed by atoms with van der Waals surface area (Å²) in [4.78, 5) is 21.3. The Labute approximate surface area is 188 Å². The van der Waals surface area contributed by atoms with E-state index in [2.05, 4.69) is 16.6 Å². The van der Waals surface area contributed by atoms with E-state index in [1.165, 1.54) is 18.2 Å². The van der Waals surface area contributed by atoms with Gasteiger partial charge in [0.05, 0.1) is 33.0 Å². The quantitative estimate of drug-likeness (QED) is 0.410. The molecule has 3 aliphatic rings.